The molecule has 5 nitrogen and oxygen atoms in total. The number of nitrogens with zero attached hydrogens (tertiary/aromatic N) is 2. The van der Waals surface area contributed by atoms with E-state index in [2.05, 4.69) is 19.1 Å². The number of rotatable bonds is 7. The number of methoxy groups -OCH3 is 2. The maximum absolute atomic E-state index is 13.4. The van der Waals surface area contributed by atoms with Gasteiger partial charge in [-0.2, -0.15) is 0 Å². The van der Waals surface area contributed by atoms with Crippen LogP contribution in [-0.4, -0.2) is 23.8 Å². The number of hydrogen-bond acceptors (Lipinski definition) is 5. The molecule has 0 atom stereocenters. The Balaban J connectivity index is 1.79. The topological polar surface area (TPSA) is 53.4 Å². The minimum absolute atomic E-state index is 0.0635. The van der Waals surface area contributed by atoms with E-state index in [1.807, 2.05) is 55.5 Å². The van der Waals surface area contributed by atoms with Crippen molar-refractivity contribution in [3.05, 3.63) is 87.7 Å². The molecule has 0 aliphatic heterocycles. The number of para-hydroxylation sites is 1. The fourth-order valence-corrected chi connectivity index (χ4v) is 4.71. The highest BCUT2D eigenvalue weighted by Gasteiger charge is 2.15. The van der Waals surface area contributed by atoms with E-state index < -0.39 is 0 Å². The summed E-state index contributed by atoms with van der Waals surface area (Å²) in [5.74, 6) is 2.03. The highest BCUT2D eigenvalue weighted by Crippen LogP contribution is 2.33. The molecule has 0 fully saturated rings. The van der Waals surface area contributed by atoms with Crippen molar-refractivity contribution in [2.24, 2.45) is 0 Å². The van der Waals surface area contributed by atoms with E-state index in [-0.39, 0.29) is 5.56 Å². The zero-order valence-corrected chi connectivity index (χ0v) is 19.5. The van der Waals surface area contributed by atoms with Gasteiger partial charge >= 0.3 is 0 Å². The Hall–Kier alpha value is -3.25. The second kappa shape index (κ2) is 9.49. The van der Waals surface area contributed by atoms with Crippen molar-refractivity contribution in [1.29, 1.82) is 0 Å². The van der Waals surface area contributed by atoms with Gasteiger partial charge in [-0.15, -0.1) is 0 Å². The molecule has 3 aromatic carbocycles. The summed E-state index contributed by atoms with van der Waals surface area (Å²) in [4.78, 5) is 18.3. The minimum Gasteiger partial charge on any atom is -0.493 e. The summed E-state index contributed by atoms with van der Waals surface area (Å²) in [5.41, 5.74) is 4.87. The molecule has 0 unspecified atom stereocenters. The number of aromatic nitrogens is 2. The molecule has 4 aromatic rings. The minimum atomic E-state index is -0.0635. The van der Waals surface area contributed by atoms with Gasteiger partial charge in [-0.3, -0.25) is 9.36 Å². The lowest BCUT2D eigenvalue weighted by Crippen LogP contribution is -2.21. The molecule has 0 aliphatic rings. The predicted octanol–water partition coefficient (Wildman–Crippen LogP) is 5.57. The fraction of sp³-hybridized carbons (Fsp3) is 0.231. The van der Waals surface area contributed by atoms with Gasteiger partial charge in [0.15, 0.2) is 16.7 Å². The number of hydrogen-bond donors (Lipinski definition) is 0. The first-order valence-corrected chi connectivity index (χ1v) is 11.5. The Morgan fingerprint density at radius 3 is 2.34 bits per heavy atom. The molecule has 32 heavy (non-hydrogen) atoms. The number of ether oxygens (including phenoxy) is 2. The van der Waals surface area contributed by atoms with E-state index in [1.54, 1.807) is 18.8 Å². The number of thioether (sulfide) groups is 1. The molecule has 4 rings (SSSR count). The fourth-order valence-electron chi connectivity index (χ4n) is 3.64. The van der Waals surface area contributed by atoms with Gasteiger partial charge in [0.05, 0.1) is 30.8 Å². The van der Waals surface area contributed by atoms with Gasteiger partial charge < -0.3 is 9.47 Å². The van der Waals surface area contributed by atoms with Crippen molar-refractivity contribution in [3.63, 3.8) is 0 Å². The average Bonchev–Trinajstić information content (AvgIpc) is 2.83. The Morgan fingerprint density at radius 1 is 0.969 bits per heavy atom. The second-order valence-electron chi connectivity index (χ2n) is 7.49. The van der Waals surface area contributed by atoms with Crippen LogP contribution in [0, 0.1) is 6.92 Å². The first-order chi connectivity index (χ1) is 15.5. The lowest BCUT2D eigenvalue weighted by Gasteiger charge is -2.15. The molecule has 0 saturated carbocycles. The van der Waals surface area contributed by atoms with Gasteiger partial charge in [-0.25, -0.2) is 4.98 Å². The van der Waals surface area contributed by atoms with Crippen LogP contribution in [0.1, 0.15) is 23.6 Å². The van der Waals surface area contributed by atoms with Crippen molar-refractivity contribution in [2.75, 3.05) is 14.2 Å². The SMILES string of the molecule is CCc1ccc(-n2c(SCc3cc(OC)c(OC)cc3C)nc3ccccc3c2=O)cc1. The van der Waals surface area contributed by atoms with Crippen LogP contribution in [0.4, 0.5) is 0 Å². The first kappa shape index (κ1) is 22.0. The summed E-state index contributed by atoms with van der Waals surface area (Å²) in [7, 11) is 3.26. The van der Waals surface area contributed by atoms with Gasteiger partial charge in [0, 0.05) is 5.75 Å². The first-order valence-electron chi connectivity index (χ1n) is 10.5. The highest BCUT2D eigenvalue weighted by atomic mass is 32.2. The van der Waals surface area contributed by atoms with Crippen molar-refractivity contribution < 1.29 is 9.47 Å². The molecule has 1 aromatic heterocycles. The summed E-state index contributed by atoms with van der Waals surface area (Å²) in [6, 6.07) is 19.5. The normalized spacial score (nSPS) is 11.0. The van der Waals surface area contributed by atoms with Crippen LogP contribution in [0.15, 0.2) is 70.6 Å². The summed E-state index contributed by atoms with van der Waals surface area (Å²) in [5, 5.41) is 1.27. The van der Waals surface area contributed by atoms with E-state index >= 15 is 0 Å². The molecule has 0 aliphatic carbocycles. The molecule has 164 valence electrons. The molecular formula is C26H26N2O3S. The monoisotopic (exact) mass is 446 g/mol. The van der Waals surface area contributed by atoms with Crippen molar-refractivity contribution in [1.82, 2.24) is 9.55 Å². The van der Waals surface area contributed by atoms with E-state index in [4.69, 9.17) is 14.5 Å². The number of fused-ring (bicyclic) bond motifs is 1. The summed E-state index contributed by atoms with van der Waals surface area (Å²) < 4.78 is 12.6. The van der Waals surface area contributed by atoms with E-state index in [9.17, 15) is 4.79 Å². The third kappa shape index (κ3) is 4.23. The van der Waals surface area contributed by atoms with Gasteiger partial charge in [-0.1, -0.05) is 43.0 Å². The van der Waals surface area contributed by atoms with Crippen LogP contribution in [0.3, 0.4) is 0 Å². The van der Waals surface area contributed by atoms with Crippen molar-refractivity contribution in [2.45, 2.75) is 31.2 Å². The third-order valence-corrected chi connectivity index (χ3v) is 6.53. The van der Waals surface area contributed by atoms with Gasteiger partial charge in [0.25, 0.3) is 5.56 Å². The lowest BCUT2D eigenvalue weighted by molar-refractivity contribution is 0.354. The summed E-state index contributed by atoms with van der Waals surface area (Å²) >= 11 is 1.54. The molecule has 6 heteroatoms. The van der Waals surface area contributed by atoms with Crippen LogP contribution in [0.25, 0.3) is 16.6 Å². The van der Waals surface area contributed by atoms with Crippen LogP contribution < -0.4 is 15.0 Å². The molecule has 0 N–H and O–H groups in total. The molecular weight excluding hydrogens is 420 g/mol. The Bertz CT molecular complexity index is 1310. The maximum Gasteiger partial charge on any atom is 0.266 e. The van der Waals surface area contributed by atoms with Crippen LogP contribution in [0.2, 0.25) is 0 Å². The predicted molar refractivity (Wildman–Crippen MR) is 131 cm³/mol. The Kier molecular flexibility index (Phi) is 6.51. The van der Waals surface area contributed by atoms with Crippen LogP contribution >= 0.6 is 11.8 Å². The molecule has 0 saturated heterocycles. The number of aryl methyl sites for hydroxylation is 2. The number of benzene rings is 3. The smallest absolute Gasteiger partial charge is 0.266 e. The Labute approximate surface area is 192 Å². The molecule has 0 radical (unpaired) electrons. The van der Waals surface area contributed by atoms with Gasteiger partial charge in [-0.05, 0) is 66.4 Å². The lowest BCUT2D eigenvalue weighted by atomic mass is 10.1. The van der Waals surface area contributed by atoms with Crippen LogP contribution in [0.5, 0.6) is 11.5 Å². The third-order valence-electron chi connectivity index (χ3n) is 5.55. The molecule has 0 spiro atoms. The van der Waals surface area contributed by atoms with Gasteiger partial charge in [0.1, 0.15) is 0 Å². The van der Waals surface area contributed by atoms with E-state index in [1.165, 1.54) is 17.3 Å². The largest absolute Gasteiger partial charge is 0.493 e. The van der Waals surface area contributed by atoms with Crippen LogP contribution in [-0.2, 0) is 12.2 Å². The zero-order valence-electron chi connectivity index (χ0n) is 18.7. The van der Waals surface area contributed by atoms with E-state index in [0.29, 0.717) is 33.3 Å². The van der Waals surface area contributed by atoms with Crippen molar-refractivity contribution >= 4 is 22.7 Å². The van der Waals surface area contributed by atoms with E-state index in [0.717, 1.165) is 23.2 Å². The standard InChI is InChI=1S/C26H26N2O3S/c1-5-18-10-12-20(13-11-18)28-25(29)21-8-6-7-9-22(21)27-26(28)32-16-19-15-24(31-4)23(30-3)14-17(19)2/h6-15H,5,16H2,1-4H3. The molecule has 0 amide bonds. The summed E-state index contributed by atoms with van der Waals surface area (Å²) in [6.45, 7) is 4.16. The Morgan fingerprint density at radius 2 is 1.66 bits per heavy atom. The highest BCUT2D eigenvalue weighted by molar-refractivity contribution is 7.98. The zero-order chi connectivity index (χ0) is 22.7. The maximum atomic E-state index is 13.4. The average molecular weight is 447 g/mol. The molecule has 1 heterocycles. The quantitative estimate of drug-likeness (QED) is 0.275. The summed E-state index contributed by atoms with van der Waals surface area (Å²) in [6.07, 6.45) is 0.950. The van der Waals surface area contributed by atoms with Crippen molar-refractivity contribution in [3.8, 4) is 17.2 Å². The molecule has 0 bridgehead atoms. The van der Waals surface area contributed by atoms with Gasteiger partial charge in [0.2, 0.25) is 0 Å². The second-order valence-corrected chi connectivity index (χ2v) is 8.44.